The van der Waals surface area contributed by atoms with E-state index in [1.54, 1.807) is 30.3 Å². The summed E-state index contributed by atoms with van der Waals surface area (Å²) in [7, 11) is 1.48. The van der Waals surface area contributed by atoms with E-state index in [2.05, 4.69) is 37.2 Å². The largest absolute Gasteiger partial charge is 0.508 e. The number of carboxylic acids is 1. The first kappa shape index (κ1) is 76.8. The molecule has 6 aromatic rings. The zero-order valence-corrected chi connectivity index (χ0v) is 58.1. The first-order chi connectivity index (χ1) is 50.2. The summed E-state index contributed by atoms with van der Waals surface area (Å²) in [5.41, 5.74) is 8.63. The first-order valence-electron chi connectivity index (χ1n) is 33.6. The highest BCUT2D eigenvalue weighted by Crippen LogP contribution is 2.50. The van der Waals surface area contributed by atoms with Gasteiger partial charge in [-0.1, -0.05) is 74.0 Å². The van der Waals surface area contributed by atoms with Crippen LogP contribution in [0, 0.1) is 5.92 Å². The van der Waals surface area contributed by atoms with Crippen molar-refractivity contribution in [3.05, 3.63) is 142 Å². The van der Waals surface area contributed by atoms with Crippen LogP contribution in [0.15, 0.2) is 109 Å². The van der Waals surface area contributed by atoms with Gasteiger partial charge in [0.15, 0.2) is 29.9 Å². The van der Waals surface area contributed by atoms with E-state index < -0.39 is 226 Å². The molecule has 0 spiro atoms. The quantitative estimate of drug-likeness (QED) is 0.0726. The lowest BCUT2D eigenvalue weighted by molar-refractivity contribution is -0.333. The molecule has 0 aliphatic carbocycles. The van der Waals surface area contributed by atoms with Crippen LogP contribution >= 0.6 is 11.6 Å². The lowest BCUT2D eigenvalue weighted by atomic mass is 9.86. The summed E-state index contributed by atoms with van der Waals surface area (Å²) in [5, 5.41) is 133. The van der Waals surface area contributed by atoms with Crippen molar-refractivity contribution in [2.24, 2.45) is 17.4 Å². The van der Waals surface area contributed by atoms with E-state index >= 15 is 19.2 Å². The van der Waals surface area contributed by atoms with Gasteiger partial charge in [0.05, 0.1) is 36.3 Å². The molecule has 0 saturated carbocycles. The number of phenolic OH excluding ortho intramolecular Hbond substituents is 3. The number of ether oxygens (including phenoxy) is 6. The molecule has 33 nitrogen and oxygen atoms in total. The van der Waals surface area contributed by atoms with E-state index in [9.17, 15) is 70.2 Å². The Morgan fingerprint density at radius 3 is 1.97 bits per heavy atom. The summed E-state index contributed by atoms with van der Waals surface area (Å²) in [4.78, 5) is 118. The highest BCUT2D eigenvalue weighted by Gasteiger charge is 2.52. The highest BCUT2D eigenvalue weighted by atomic mass is 35.5. The number of rotatable bonds is 14. The minimum Gasteiger partial charge on any atom is -0.508 e. The maximum atomic E-state index is 16.2. The number of nitrogens with two attached hydrogens (primary N) is 2. The second-order valence-corrected chi connectivity index (χ2v) is 27.6. The zero-order valence-electron chi connectivity index (χ0n) is 57.3. The fraction of sp³-hybridized carbons (Fsp3) is 0.389. The smallest absolute Gasteiger partial charge is 0.330 e. The maximum Gasteiger partial charge on any atom is 0.330 e. The van der Waals surface area contributed by atoms with Gasteiger partial charge in [-0.15, -0.1) is 0 Å². The number of nitrogens with one attached hydrogen (secondary N) is 7. The SMILES string of the molecule is CN[C@H](CC(C)C)C(=O)N[C@H]1C(=O)N[C@@H](CC(N)=O)C(=O)N[C@H]2C(=O)N[C@H]3C(=O)N[C@H](C(=O)N[C@H](C(=O)O)c4cc(O)cc(O)c4-c4cc3ccc4O)[C@H](O)c3ccc(c(-c4ccccc4)c3)Oc3cc2cc(c3O[C@@H]2O[C@H](CO)[C@@H](O)[C@H](O)[C@H]2O[C@H]2C[C@](C)(N)[C@H](O)[C@H](C)O2)Oc2ccc(cc2Cl)[C@H]1O. The Morgan fingerprint density at radius 1 is 0.698 bits per heavy atom. The zero-order chi connectivity index (χ0) is 76.7. The number of carbonyl (C=O) groups is 8. The van der Waals surface area contributed by atoms with Crippen LogP contribution in [0.1, 0.15) is 105 Å². The number of likely N-dealkylation sites (N-methyl/N-ethyl adjacent to an activating group) is 1. The fourth-order valence-electron chi connectivity index (χ4n) is 13.4. The van der Waals surface area contributed by atoms with E-state index in [4.69, 9.17) is 51.5 Å². The van der Waals surface area contributed by atoms with Gasteiger partial charge in [-0.05, 0) is 116 Å². The number of primary amides is 1. The van der Waals surface area contributed by atoms with Crippen LogP contribution < -0.4 is 62.9 Å². The van der Waals surface area contributed by atoms with Crippen molar-refractivity contribution in [1.82, 2.24) is 37.2 Å². The number of hydrogen-bond donors (Lipinski definition) is 19. The third-order valence-electron chi connectivity index (χ3n) is 18.9. The van der Waals surface area contributed by atoms with Crippen molar-refractivity contribution in [1.29, 1.82) is 0 Å². The Morgan fingerprint density at radius 2 is 1.33 bits per heavy atom. The molecular formula is C72H80ClN9O24. The lowest BCUT2D eigenvalue weighted by Gasteiger charge is -2.47. The average molecular weight is 1490 g/mol. The minimum absolute atomic E-state index is 0.0421. The second kappa shape index (κ2) is 31.4. The molecule has 7 amide bonds. The number of aliphatic hydroxyl groups is 6. The predicted octanol–water partition coefficient (Wildman–Crippen LogP) is 1.12. The van der Waals surface area contributed by atoms with E-state index in [1.807, 2.05) is 13.8 Å². The monoisotopic (exact) mass is 1490 g/mol. The molecule has 0 aromatic heterocycles. The van der Waals surface area contributed by atoms with Crippen molar-refractivity contribution in [2.75, 3.05) is 13.7 Å². The van der Waals surface area contributed by atoms with Crippen LogP contribution in [-0.2, 0) is 52.6 Å². The number of fused-ring (bicyclic) bond motifs is 15. The number of phenols is 3. The second-order valence-electron chi connectivity index (χ2n) is 27.1. The van der Waals surface area contributed by atoms with Gasteiger partial charge < -0.3 is 128 Å². The number of aliphatic carboxylic acids is 1. The molecule has 6 aromatic carbocycles. The molecule has 34 heteroatoms. The summed E-state index contributed by atoms with van der Waals surface area (Å²) >= 11 is 7.15. The summed E-state index contributed by atoms with van der Waals surface area (Å²) < 4.78 is 39.2. The molecule has 13 rings (SSSR count). The first-order valence-corrected chi connectivity index (χ1v) is 34.0. The molecule has 18 atom stereocenters. The minimum atomic E-state index is -2.34. The van der Waals surface area contributed by atoms with Crippen molar-refractivity contribution < 1.29 is 118 Å². The Kier molecular flexibility index (Phi) is 22.8. The lowest BCUT2D eigenvalue weighted by Crippen LogP contribution is -2.64. The van der Waals surface area contributed by atoms with Crippen LogP contribution in [0.25, 0.3) is 22.3 Å². The van der Waals surface area contributed by atoms with Crippen molar-refractivity contribution in [3.8, 4) is 68.2 Å². The van der Waals surface area contributed by atoms with Crippen molar-refractivity contribution >= 4 is 58.9 Å². The Balaban J connectivity index is 1.20. The average Bonchev–Trinajstić information content (AvgIpc) is 0.767. The Labute approximate surface area is 609 Å². The molecule has 2 fully saturated rings. The van der Waals surface area contributed by atoms with Crippen LogP contribution in [0.5, 0.6) is 46.0 Å². The molecule has 7 aliphatic rings. The fourth-order valence-corrected chi connectivity index (χ4v) is 13.6. The number of carboxylic acid groups (broad SMARTS) is 1. The molecule has 7 aliphatic heterocycles. The molecule has 11 bridgehead atoms. The predicted molar refractivity (Wildman–Crippen MR) is 370 cm³/mol. The summed E-state index contributed by atoms with van der Waals surface area (Å²) in [6, 6.07) is 8.19. The number of benzene rings is 6. The normalized spacial score (nSPS) is 28.6. The third kappa shape index (κ3) is 16.1. The van der Waals surface area contributed by atoms with Gasteiger partial charge in [0.2, 0.25) is 53.4 Å². The van der Waals surface area contributed by atoms with E-state index in [0.717, 1.165) is 48.5 Å². The van der Waals surface area contributed by atoms with Gasteiger partial charge in [-0.3, -0.25) is 33.6 Å². The van der Waals surface area contributed by atoms with Gasteiger partial charge in [0.25, 0.3) is 0 Å². The molecule has 0 unspecified atom stereocenters. The highest BCUT2D eigenvalue weighted by molar-refractivity contribution is 6.32. The molecule has 106 heavy (non-hydrogen) atoms. The number of halogens is 1. The van der Waals surface area contributed by atoms with Crippen LogP contribution in [0.2, 0.25) is 5.02 Å². The molecule has 564 valence electrons. The number of hydrogen-bond acceptors (Lipinski definition) is 25. The Hall–Kier alpha value is -10.3. The van der Waals surface area contributed by atoms with Gasteiger partial charge in [-0.2, -0.15) is 0 Å². The Bertz CT molecular complexity index is 4400. The number of aliphatic hydroxyl groups excluding tert-OH is 6. The van der Waals surface area contributed by atoms with E-state index in [0.29, 0.717) is 5.56 Å². The van der Waals surface area contributed by atoms with Gasteiger partial charge in [-0.25, -0.2) is 4.79 Å². The number of aromatic hydroxyl groups is 3. The molecule has 0 radical (unpaired) electrons. The van der Waals surface area contributed by atoms with Crippen LogP contribution in [-0.4, -0.2) is 191 Å². The van der Waals surface area contributed by atoms with E-state index in [-0.39, 0.29) is 57.5 Å². The van der Waals surface area contributed by atoms with Gasteiger partial charge in [0, 0.05) is 40.3 Å². The molecule has 21 N–H and O–H groups in total. The number of amides is 7. The topological polar surface area (TPSA) is 530 Å². The molecule has 2 saturated heterocycles. The van der Waals surface area contributed by atoms with Crippen LogP contribution in [0.4, 0.5) is 0 Å². The van der Waals surface area contributed by atoms with Gasteiger partial charge >= 0.3 is 5.97 Å². The third-order valence-corrected chi connectivity index (χ3v) is 19.2. The molecular weight excluding hydrogens is 1410 g/mol. The summed E-state index contributed by atoms with van der Waals surface area (Å²) in [6.07, 6.45) is -18.5. The molecule has 7 heterocycles. The number of carbonyl (C=O) groups excluding carboxylic acids is 7. The summed E-state index contributed by atoms with van der Waals surface area (Å²) in [5.74, 6) is -15.5. The van der Waals surface area contributed by atoms with E-state index in [1.165, 1.54) is 51.2 Å². The van der Waals surface area contributed by atoms with Crippen molar-refractivity contribution in [3.63, 3.8) is 0 Å². The maximum absolute atomic E-state index is 16.2. The van der Waals surface area contributed by atoms with Crippen LogP contribution in [0.3, 0.4) is 0 Å². The van der Waals surface area contributed by atoms with Crippen molar-refractivity contribution in [2.45, 2.75) is 156 Å². The summed E-state index contributed by atoms with van der Waals surface area (Å²) in [6.45, 7) is 5.70. The van der Waals surface area contributed by atoms with Gasteiger partial charge in [0.1, 0.15) is 89.5 Å². The standard InChI is InChI=1S/C72H80ClN9O24/c1-28(2)17-40(76-5)64(93)81-55-58(89)33-13-16-45(39(73)20-33)103-47-22-34-21-46(61(47)106-71-62(60(91)59(90)48(27-83)104-71)105-50-26-72(4,75)63(92)29(3)101-50)102-44-15-12-32(19-36(44)30-9-7-6-8-10-30)57(88)56-69(98)80-54(70(99)100)38-23-35(84)24-43(86)51(38)37-18-31(11-14-42(37)85)52(66(95)82-56)79-67(96)53(34)78-65(94)41(25-49(74)87)77-68(55)97/h6-16,18-24,28-29,40-41,48,50,52-60,62-63,71,76,83-86,88-92H,17,25-27,75H2,1-5H3,(H2,74,87)(H,77,97)(H,78,94)(H,79,96)(H,80,98)(H,81,93)(H,82,95)(H,99,100)/t29-,40+,41-,48+,50-,52+,53+,54-,55+,56-,57+,58+,59+,60-,62+,63+,71-,72-/m0/s1.